The minimum absolute atomic E-state index is 0.200. The van der Waals surface area contributed by atoms with Crippen LogP contribution in [0.5, 0.6) is 0 Å². The fourth-order valence-electron chi connectivity index (χ4n) is 0.915. The summed E-state index contributed by atoms with van der Waals surface area (Å²) in [6.45, 7) is 2.12. The van der Waals surface area contributed by atoms with E-state index < -0.39 is 24.5 Å². The molecule has 7 heteroatoms. The fourth-order valence-corrected chi connectivity index (χ4v) is 1.08. The molecule has 108 valence electrons. The number of aliphatic hydroxyl groups is 1. The van der Waals surface area contributed by atoms with Crippen molar-refractivity contribution in [2.45, 2.75) is 38.6 Å². The molecule has 0 aliphatic carbocycles. The topological polar surface area (TPSA) is 113 Å². The van der Waals surface area contributed by atoms with E-state index in [1.165, 1.54) is 19.3 Å². The van der Waals surface area contributed by atoms with Crippen LogP contribution in [0.1, 0.15) is 32.6 Å². The maximum absolute atomic E-state index is 10.7. The maximum Gasteiger partial charge on any atom is 0.322 e. The summed E-state index contributed by atoms with van der Waals surface area (Å²) in [5.74, 6) is -1.39. The van der Waals surface area contributed by atoms with Crippen molar-refractivity contribution in [3.05, 3.63) is 0 Å². The van der Waals surface area contributed by atoms with Gasteiger partial charge in [0.2, 0.25) is 5.91 Å². The number of amides is 1. The summed E-state index contributed by atoms with van der Waals surface area (Å²) < 4.78 is 0. The standard InChI is InChI=1S/C6H14O.C5H10N2O3S/c1-2-3-4-5-6-7;6-3(2-11)5(10)7-1-4(8)9/h7H,2-6H2,1H3;3,11H,1-2,6H2,(H,7,10)(H,8,9)/t;3-/m.0/s1. The molecular weight excluding hydrogens is 256 g/mol. The average Bonchev–Trinajstić information content (AvgIpc) is 2.36. The van der Waals surface area contributed by atoms with Crippen LogP contribution >= 0.6 is 12.6 Å². The van der Waals surface area contributed by atoms with E-state index in [9.17, 15) is 9.59 Å². The van der Waals surface area contributed by atoms with Crippen LogP contribution < -0.4 is 11.1 Å². The lowest BCUT2D eigenvalue weighted by atomic mass is 10.2. The lowest BCUT2D eigenvalue weighted by Crippen LogP contribution is -2.43. The third kappa shape index (κ3) is 15.2. The minimum Gasteiger partial charge on any atom is -0.480 e. The normalized spacial score (nSPS) is 11.1. The van der Waals surface area contributed by atoms with Gasteiger partial charge in [-0.1, -0.05) is 26.2 Å². The van der Waals surface area contributed by atoms with Gasteiger partial charge in [-0.3, -0.25) is 9.59 Å². The fraction of sp³-hybridized carbons (Fsp3) is 0.818. The number of unbranched alkanes of at least 4 members (excludes halogenated alkanes) is 3. The Labute approximate surface area is 113 Å². The first-order chi connectivity index (χ1) is 8.49. The van der Waals surface area contributed by atoms with E-state index in [-0.39, 0.29) is 5.75 Å². The Balaban J connectivity index is 0. The maximum atomic E-state index is 10.7. The molecular formula is C11H24N2O4S. The molecule has 0 unspecified atom stereocenters. The predicted octanol–water partition coefficient (Wildman–Crippen LogP) is 0.00330. The Bertz CT molecular complexity index is 223. The molecule has 1 amide bonds. The van der Waals surface area contributed by atoms with E-state index in [2.05, 4.69) is 24.9 Å². The number of nitrogens with two attached hydrogens (primary N) is 1. The van der Waals surface area contributed by atoms with Gasteiger partial charge in [0.05, 0.1) is 6.04 Å². The van der Waals surface area contributed by atoms with E-state index in [1.54, 1.807) is 0 Å². The van der Waals surface area contributed by atoms with Gasteiger partial charge in [-0.25, -0.2) is 0 Å². The van der Waals surface area contributed by atoms with Gasteiger partial charge in [0.1, 0.15) is 6.54 Å². The molecule has 5 N–H and O–H groups in total. The monoisotopic (exact) mass is 280 g/mol. The van der Waals surface area contributed by atoms with E-state index in [0.717, 1.165) is 6.42 Å². The minimum atomic E-state index is -1.09. The molecule has 0 saturated heterocycles. The molecule has 0 aliphatic rings. The molecule has 0 saturated carbocycles. The van der Waals surface area contributed by atoms with Crippen molar-refractivity contribution in [3.8, 4) is 0 Å². The first-order valence-corrected chi connectivity index (χ1v) is 6.59. The Kier molecular flexibility index (Phi) is 15.5. The largest absolute Gasteiger partial charge is 0.480 e. The summed E-state index contributed by atoms with van der Waals surface area (Å²) in [5.41, 5.74) is 5.22. The number of nitrogens with one attached hydrogen (secondary N) is 1. The van der Waals surface area contributed by atoms with Gasteiger partial charge in [0, 0.05) is 12.4 Å². The van der Waals surface area contributed by atoms with Crippen molar-refractivity contribution in [1.29, 1.82) is 0 Å². The highest BCUT2D eigenvalue weighted by atomic mass is 32.1. The van der Waals surface area contributed by atoms with Crippen molar-refractivity contribution in [1.82, 2.24) is 5.32 Å². The summed E-state index contributed by atoms with van der Waals surface area (Å²) >= 11 is 3.77. The highest BCUT2D eigenvalue weighted by molar-refractivity contribution is 7.80. The molecule has 0 aromatic carbocycles. The zero-order valence-electron chi connectivity index (χ0n) is 10.8. The number of carbonyl (C=O) groups excluding carboxylic acids is 1. The third-order valence-electron chi connectivity index (χ3n) is 1.96. The number of aliphatic hydroxyl groups excluding tert-OH is 1. The van der Waals surface area contributed by atoms with E-state index in [1.807, 2.05) is 0 Å². The SMILES string of the molecule is CCCCCCO.N[C@@H](CS)C(=O)NCC(=O)O. The summed E-state index contributed by atoms with van der Waals surface area (Å²) in [7, 11) is 0. The van der Waals surface area contributed by atoms with Crippen molar-refractivity contribution in [2.24, 2.45) is 5.73 Å². The molecule has 1 atom stereocenters. The summed E-state index contributed by atoms with van der Waals surface area (Å²) in [6, 6.07) is -0.738. The van der Waals surface area contributed by atoms with Gasteiger partial charge in [0.15, 0.2) is 0 Å². The van der Waals surface area contributed by atoms with Gasteiger partial charge < -0.3 is 21.3 Å². The number of thiol groups is 1. The van der Waals surface area contributed by atoms with Crippen LogP contribution in [-0.4, -0.2) is 47.0 Å². The summed E-state index contributed by atoms with van der Waals surface area (Å²) in [5, 5.41) is 18.6. The van der Waals surface area contributed by atoms with E-state index in [0.29, 0.717) is 6.61 Å². The number of aliphatic carboxylic acids is 1. The smallest absolute Gasteiger partial charge is 0.322 e. The van der Waals surface area contributed by atoms with Crippen molar-refractivity contribution in [2.75, 3.05) is 18.9 Å². The quantitative estimate of drug-likeness (QED) is 0.317. The van der Waals surface area contributed by atoms with Crippen LogP contribution in [0.15, 0.2) is 0 Å². The van der Waals surface area contributed by atoms with Crippen LogP contribution in [-0.2, 0) is 9.59 Å². The molecule has 0 rings (SSSR count). The van der Waals surface area contributed by atoms with Crippen LogP contribution in [0.4, 0.5) is 0 Å². The number of carbonyl (C=O) groups is 2. The lowest BCUT2D eigenvalue weighted by Gasteiger charge is -2.06. The molecule has 6 nitrogen and oxygen atoms in total. The number of rotatable bonds is 8. The molecule has 0 spiro atoms. The number of carboxylic acid groups (broad SMARTS) is 1. The lowest BCUT2D eigenvalue weighted by molar-refractivity contribution is -0.138. The molecule has 0 radical (unpaired) electrons. The Morgan fingerprint density at radius 3 is 2.33 bits per heavy atom. The van der Waals surface area contributed by atoms with Crippen LogP contribution in [0.25, 0.3) is 0 Å². The van der Waals surface area contributed by atoms with Gasteiger partial charge in [-0.05, 0) is 6.42 Å². The van der Waals surface area contributed by atoms with Gasteiger partial charge >= 0.3 is 5.97 Å². The van der Waals surface area contributed by atoms with Crippen LogP contribution in [0, 0.1) is 0 Å². The zero-order chi connectivity index (χ0) is 14.4. The average molecular weight is 280 g/mol. The molecule has 0 aromatic heterocycles. The summed E-state index contributed by atoms with van der Waals surface area (Å²) in [4.78, 5) is 20.7. The zero-order valence-corrected chi connectivity index (χ0v) is 11.7. The Morgan fingerprint density at radius 1 is 1.33 bits per heavy atom. The van der Waals surface area contributed by atoms with Crippen molar-refractivity contribution in [3.63, 3.8) is 0 Å². The van der Waals surface area contributed by atoms with Crippen molar-refractivity contribution < 1.29 is 19.8 Å². The Hall–Kier alpha value is -0.790. The number of hydrogen-bond donors (Lipinski definition) is 5. The third-order valence-corrected chi connectivity index (χ3v) is 2.35. The van der Waals surface area contributed by atoms with E-state index >= 15 is 0 Å². The van der Waals surface area contributed by atoms with Crippen molar-refractivity contribution >= 4 is 24.5 Å². The van der Waals surface area contributed by atoms with Gasteiger partial charge in [0.25, 0.3) is 0 Å². The second kappa shape index (κ2) is 14.3. The highest BCUT2D eigenvalue weighted by Crippen LogP contribution is 1.96. The second-order valence-corrected chi connectivity index (χ2v) is 4.05. The second-order valence-electron chi connectivity index (χ2n) is 3.68. The Morgan fingerprint density at radius 2 is 1.94 bits per heavy atom. The van der Waals surface area contributed by atoms with E-state index in [4.69, 9.17) is 15.9 Å². The first kappa shape index (κ1) is 19.5. The molecule has 18 heavy (non-hydrogen) atoms. The summed E-state index contributed by atoms with van der Waals surface area (Å²) in [6.07, 6.45) is 4.68. The van der Waals surface area contributed by atoms with Crippen LogP contribution in [0.3, 0.4) is 0 Å². The molecule has 0 aliphatic heterocycles. The molecule has 0 heterocycles. The molecule has 0 bridgehead atoms. The predicted molar refractivity (Wildman–Crippen MR) is 73.7 cm³/mol. The number of carboxylic acids is 1. The highest BCUT2D eigenvalue weighted by Gasteiger charge is 2.11. The first-order valence-electron chi connectivity index (χ1n) is 5.96. The van der Waals surface area contributed by atoms with Gasteiger partial charge in [-0.2, -0.15) is 12.6 Å². The van der Waals surface area contributed by atoms with Crippen LogP contribution in [0.2, 0.25) is 0 Å². The number of hydrogen-bond acceptors (Lipinski definition) is 5. The molecule has 0 aromatic rings. The molecule has 0 fully saturated rings. The van der Waals surface area contributed by atoms with Gasteiger partial charge in [-0.15, -0.1) is 0 Å².